The standard InChI is InChI=1S/C12H14ClN3O3/c13-10-5-8(16(18)19)3-4-9(10)12(17)15-6-11(14)7-1-2-7/h3-5,7,11H,1-2,6,14H2,(H,15,17). The Morgan fingerprint density at radius 3 is 2.79 bits per heavy atom. The Morgan fingerprint density at radius 1 is 1.58 bits per heavy atom. The van der Waals surface area contributed by atoms with Crippen LogP contribution in [0, 0.1) is 16.0 Å². The van der Waals surface area contributed by atoms with Crippen molar-refractivity contribution in [2.45, 2.75) is 18.9 Å². The Bertz CT molecular complexity index is 517. The van der Waals surface area contributed by atoms with Crippen LogP contribution in [0.1, 0.15) is 23.2 Å². The van der Waals surface area contributed by atoms with Gasteiger partial charge in [0.1, 0.15) is 0 Å². The largest absolute Gasteiger partial charge is 0.350 e. The number of non-ortho nitro benzene ring substituents is 1. The van der Waals surface area contributed by atoms with Crippen molar-refractivity contribution in [3.63, 3.8) is 0 Å². The predicted molar refractivity (Wildman–Crippen MR) is 71.1 cm³/mol. The van der Waals surface area contributed by atoms with E-state index < -0.39 is 4.92 Å². The van der Waals surface area contributed by atoms with E-state index in [4.69, 9.17) is 17.3 Å². The SMILES string of the molecule is NC(CNC(=O)c1ccc([N+](=O)[O-])cc1Cl)C1CC1. The second-order valence-electron chi connectivity index (χ2n) is 4.63. The minimum Gasteiger partial charge on any atom is -0.350 e. The summed E-state index contributed by atoms with van der Waals surface area (Å²) in [5.74, 6) is 0.128. The van der Waals surface area contributed by atoms with Gasteiger partial charge >= 0.3 is 0 Å². The number of amides is 1. The van der Waals surface area contributed by atoms with Gasteiger partial charge in [-0.25, -0.2) is 0 Å². The lowest BCUT2D eigenvalue weighted by atomic mass is 10.1. The van der Waals surface area contributed by atoms with Crippen molar-refractivity contribution in [1.29, 1.82) is 0 Å². The molecule has 1 amide bonds. The van der Waals surface area contributed by atoms with Crippen LogP contribution in [0.3, 0.4) is 0 Å². The van der Waals surface area contributed by atoms with E-state index in [1.54, 1.807) is 0 Å². The van der Waals surface area contributed by atoms with Gasteiger partial charge in [-0.3, -0.25) is 14.9 Å². The molecule has 3 N–H and O–H groups in total. The van der Waals surface area contributed by atoms with Gasteiger partial charge < -0.3 is 11.1 Å². The number of carbonyl (C=O) groups is 1. The van der Waals surface area contributed by atoms with Crippen LogP contribution in [0.25, 0.3) is 0 Å². The molecule has 0 bridgehead atoms. The molecule has 0 aromatic heterocycles. The van der Waals surface area contributed by atoms with Crippen molar-refractivity contribution in [3.8, 4) is 0 Å². The first-order valence-corrected chi connectivity index (χ1v) is 6.34. The number of rotatable bonds is 5. The summed E-state index contributed by atoms with van der Waals surface area (Å²) in [4.78, 5) is 21.9. The molecule has 102 valence electrons. The summed E-state index contributed by atoms with van der Waals surface area (Å²) >= 11 is 5.86. The normalized spacial score (nSPS) is 15.9. The molecule has 0 saturated heterocycles. The van der Waals surface area contributed by atoms with Crippen molar-refractivity contribution in [2.75, 3.05) is 6.54 Å². The van der Waals surface area contributed by atoms with Crippen LogP contribution in [0.15, 0.2) is 18.2 Å². The van der Waals surface area contributed by atoms with E-state index in [1.165, 1.54) is 12.1 Å². The molecule has 1 aliphatic carbocycles. The van der Waals surface area contributed by atoms with Crippen LogP contribution in [0.2, 0.25) is 5.02 Å². The summed E-state index contributed by atoms with van der Waals surface area (Å²) in [7, 11) is 0. The lowest BCUT2D eigenvalue weighted by Gasteiger charge is -2.12. The first-order chi connectivity index (χ1) is 8.99. The monoisotopic (exact) mass is 283 g/mol. The van der Waals surface area contributed by atoms with E-state index in [9.17, 15) is 14.9 Å². The van der Waals surface area contributed by atoms with Crippen molar-refractivity contribution >= 4 is 23.2 Å². The van der Waals surface area contributed by atoms with Gasteiger partial charge in [0.15, 0.2) is 0 Å². The minimum atomic E-state index is -0.559. The molecule has 0 aliphatic heterocycles. The van der Waals surface area contributed by atoms with Gasteiger partial charge in [-0.2, -0.15) is 0 Å². The second kappa shape index (κ2) is 5.54. The van der Waals surface area contributed by atoms with Gasteiger partial charge in [-0.1, -0.05) is 11.6 Å². The lowest BCUT2D eigenvalue weighted by molar-refractivity contribution is -0.384. The summed E-state index contributed by atoms with van der Waals surface area (Å²) in [5.41, 5.74) is 5.95. The number of nitro benzene ring substituents is 1. The average molecular weight is 284 g/mol. The number of nitrogens with two attached hydrogens (primary N) is 1. The number of halogens is 1. The van der Waals surface area contributed by atoms with E-state index >= 15 is 0 Å². The third-order valence-corrected chi connectivity index (χ3v) is 3.45. The highest BCUT2D eigenvalue weighted by molar-refractivity contribution is 6.34. The van der Waals surface area contributed by atoms with Gasteiger partial charge in [0.2, 0.25) is 0 Å². The number of nitrogens with one attached hydrogen (secondary N) is 1. The highest BCUT2D eigenvalue weighted by atomic mass is 35.5. The topological polar surface area (TPSA) is 98.3 Å². The number of nitro groups is 1. The van der Waals surface area contributed by atoms with Gasteiger partial charge in [0, 0.05) is 24.7 Å². The molecule has 1 saturated carbocycles. The summed E-state index contributed by atoms with van der Waals surface area (Å²) in [6.07, 6.45) is 2.21. The fourth-order valence-corrected chi connectivity index (χ4v) is 2.06. The number of hydrogen-bond acceptors (Lipinski definition) is 4. The number of hydrogen-bond donors (Lipinski definition) is 2. The first-order valence-electron chi connectivity index (χ1n) is 5.96. The van der Waals surface area contributed by atoms with Crippen molar-refractivity contribution in [2.24, 2.45) is 11.7 Å². The smallest absolute Gasteiger partial charge is 0.270 e. The molecule has 2 rings (SSSR count). The highest BCUT2D eigenvalue weighted by Crippen LogP contribution is 2.31. The fraction of sp³-hybridized carbons (Fsp3) is 0.417. The van der Waals surface area contributed by atoms with E-state index in [0.29, 0.717) is 12.5 Å². The predicted octanol–water partition coefficient (Wildman–Crippen LogP) is 1.72. The van der Waals surface area contributed by atoms with Gasteiger partial charge in [-0.15, -0.1) is 0 Å². The van der Waals surface area contributed by atoms with Crippen LogP contribution < -0.4 is 11.1 Å². The zero-order chi connectivity index (χ0) is 14.0. The number of nitrogens with zero attached hydrogens (tertiary/aromatic N) is 1. The Kier molecular flexibility index (Phi) is 4.01. The van der Waals surface area contributed by atoms with Crippen molar-refractivity contribution in [3.05, 3.63) is 38.9 Å². The number of carbonyl (C=O) groups excluding carboxylic acids is 1. The zero-order valence-corrected chi connectivity index (χ0v) is 10.9. The van der Waals surface area contributed by atoms with Crippen LogP contribution in [-0.4, -0.2) is 23.4 Å². The molecule has 0 heterocycles. The molecule has 0 spiro atoms. The Hall–Kier alpha value is -1.66. The molecule has 19 heavy (non-hydrogen) atoms. The molecule has 7 heteroatoms. The minimum absolute atomic E-state index is 0.0410. The van der Waals surface area contributed by atoms with Crippen molar-refractivity contribution < 1.29 is 9.72 Å². The van der Waals surface area contributed by atoms with Crippen LogP contribution in [-0.2, 0) is 0 Å². The Balaban J connectivity index is 2.00. The average Bonchev–Trinajstić information content (AvgIpc) is 3.19. The third kappa shape index (κ3) is 3.42. The summed E-state index contributed by atoms with van der Waals surface area (Å²) < 4.78 is 0. The summed E-state index contributed by atoms with van der Waals surface area (Å²) in [6.45, 7) is 0.386. The molecular formula is C12H14ClN3O3. The first kappa shape index (κ1) is 13.8. The van der Waals surface area contributed by atoms with Gasteiger partial charge in [-0.05, 0) is 24.8 Å². The van der Waals surface area contributed by atoms with E-state index in [2.05, 4.69) is 5.32 Å². The second-order valence-corrected chi connectivity index (χ2v) is 5.04. The van der Waals surface area contributed by atoms with E-state index in [-0.39, 0.29) is 28.2 Å². The summed E-state index contributed by atoms with van der Waals surface area (Å²) in [5, 5.41) is 13.3. The summed E-state index contributed by atoms with van der Waals surface area (Å²) in [6, 6.07) is 3.72. The highest BCUT2D eigenvalue weighted by Gasteiger charge is 2.28. The molecule has 6 nitrogen and oxygen atoms in total. The van der Waals surface area contributed by atoms with E-state index in [1.807, 2.05) is 0 Å². The van der Waals surface area contributed by atoms with E-state index in [0.717, 1.165) is 18.9 Å². The lowest BCUT2D eigenvalue weighted by Crippen LogP contribution is -2.38. The van der Waals surface area contributed by atoms with Crippen LogP contribution in [0.4, 0.5) is 5.69 Å². The maximum Gasteiger partial charge on any atom is 0.270 e. The molecule has 1 aromatic rings. The molecule has 1 fully saturated rings. The Labute approximate surface area is 115 Å². The molecular weight excluding hydrogens is 270 g/mol. The molecule has 1 atom stereocenters. The van der Waals surface area contributed by atoms with Gasteiger partial charge in [0.05, 0.1) is 15.5 Å². The number of benzene rings is 1. The Morgan fingerprint density at radius 2 is 2.26 bits per heavy atom. The third-order valence-electron chi connectivity index (χ3n) is 3.13. The van der Waals surface area contributed by atoms with Gasteiger partial charge in [0.25, 0.3) is 11.6 Å². The van der Waals surface area contributed by atoms with Crippen molar-refractivity contribution in [1.82, 2.24) is 5.32 Å². The zero-order valence-electron chi connectivity index (χ0n) is 10.1. The maximum atomic E-state index is 11.9. The quantitative estimate of drug-likeness (QED) is 0.635. The molecule has 1 aromatic carbocycles. The van der Waals surface area contributed by atoms with Crippen LogP contribution in [0.5, 0.6) is 0 Å². The molecule has 1 aliphatic rings. The maximum absolute atomic E-state index is 11.9. The van der Waals surface area contributed by atoms with Crippen LogP contribution >= 0.6 is 11.6 Å². The molecule has 0 radical (unpaired) electrons. The molecule has 1 unspecified atom stereocenters. The fourth-order valence-electron chi connectivity index (χ4n) is 1.80.